The summed E-state index contributed by atoms with van der Waals surface area (Å²) in [6, 6.07) is 3.90. The molecule has 4 heteroatoms. The number of methoxy groups -OCH3 is 1. The van der Waals surface area contributed by atoms with Crippen LogP contribution in [0, 0.1) is 6.92 Å². The number of rotatable bonds is 2. The van der Waals surface area contributed by atoms with E-state index in [1.54, 1.807) is 0 Å². The van der Waals surface area contributed by atoms with Crippen LogP contribution in [-0.2, 0) is 4.74 Å². The van der Waals surface area contributed by atoms with Gasteiger partial charge in [0.2, 0.25) is 0 Å². The second kappa shape index (κ2) is 5.29. The quantitative estimate of drug-likeness (QED) is 0.645. The Morgan fingerprint density at radius 1 is 1.28 bits per heavy atom. The molecule has 1 aliphatic heterocycles. The van der Waals surface area contributed by atoms with Gasteiger partial charge in [0.25, 0.3) is 0 Å². The summed E-state index contributed by atoms with van der Waals surface area (Å²) in [7, 11) is 1.38. The number of carbonyl (C=O) groups excluding carboxylic acids is 1. The van der Waals surface area contributed by atoms with E-state index < -0.39 is 0 Å². The lowest BCUT2D eigenvalue weighted by atomic mass is 10.0. The first-order valence-electron chi connectivity index (χ1n) is 6.37. The highest BCUT2D eigenvalue weighted by molar-refractivity contribution is 5.97. The Balaban J connectivity index is 2.36. The van der Waals surface area contributed by atoms with Crippen LogP contribution < -0.4 is 10.6 Å². The van der Waals surface area contributed by atoms with Crippen molar-refractivity contribution < 1.29 is 9.53 Å². The number of nitrogens with zero attached hydrogens (tertiary/aromatic N) is 1. The van der Waals surface area contributed by atoms with E-state index in [9.17, 15) is 4.79 Å². The fourth-order valence-electron chi connectivity index (χ4n) is 2.39. The average Bonchev–Trinajstić information content (AvgIpc) is 2.41. The van der Waals surface area contributed by atoms with Crippen LogP contribution in [0.5, 0.6) is 0 Å². The minimum Gasteiger partial charge on any atom is -0.465 e. The molecule has 2 N–H and O–H groups in total. The molecule has 18 heavy (non-hydrogen) atoms. The Labute approximate surface area is 108 Å². The number of hydrogen-bond donors (Lipinski definition) is 1. The molecular formula is C14H20N2O2. The van der Waals surface area contributed by atoms with E-state index in [1.807, 2.05) is 19.1 Å². The lowest BCUT2D eigenvalue weighted by Gasteiger charge is -2.29. The predicted molar refractivity (Wildman–Crippen MR) is 73.0 cm³/mol. The average molecular weight is 248 g/mol. The van der Waals surface area contributed by atoms with Gasteiger partial charge < -0.3 is 15.4 Å². The molecule has 0 unspecified atom stereocenters. The third kappa shape index (κ3) is 2.42. The number of benzene rings is 1. The first kappa shape index (κ1) is 12.7. The van der Waals surface area contributed by atoms with E-state index in [0.717, 1.165) is 24.3 Å². The zero-order valence-electron chi connectivity index (χ0n) is 11.0. The number of hydrogen-bond acceptors (Lipinski definition) is 4. The summed E-state index contributed by atoms with van der Waals surface area (Å²) in [5.74, 6) is -0.366. The monoisotopic (exact) mass is 248 g/mol. The van der Waals surface area contributed by atoms with Gasteiger partial charge in [0.05, 0.1) is 12.7 Å². The lowest BCUT2D eigenvalue weighted by molar-refractivity contribution is 0.0602. The maximum absolute atomic E-state index is 11.7. The van der Waals surface area contributed by atoms with Crippen molar-refractivity contribution in [3.05, 3.63) is 23.3 Å². The normalized spacial score (nSPS) is 15.6. The Bertz CT molecular complexity index is 451. The molecule has 1 aliphatic rings. The summed E-state index contributed by atoms with van der Waals surface area (Å²) in [5, 5.41) is 0. The van der Waals surface area contributed by atoms with Gasteiger partial charge in [0.1, 0.15) is 0 Å². The second-order valence-corrected chi connectivity index (χ2v) is 4.76. The molecule has 1 heterocycles. The first-order valence-corrected chi connectivity index (χ1v) is 6.37. The Morgan fingerprint density at radius 3 is 2.56 bits per heavy atom. The molecule has 0 amide bonds. The fraction of sp³-hybridized carbons (Fsp3) is 0.500. The maximum Gasteiger partial charge on any atom is 0.340 e. The van der Waals surface area contributed by atoms with Crippen LogP contribution in [0.25, 0.3) is 0 Å². The smallest absolute Gasteiger partial charge is 0.340 e. The largest absolute Gasteiger partial charge is 0.465 e. The third-order valence-corrected chi connectivity index (χ3v) is 3.50. The van der Waals surface area contributed by atoms with Crippen molar-refractivity contribution >= 4 is 17.3 Å². The minimum absolute atomic E-state index is 0.366. The molecule has 0 aromatic heterocycles. The molecule has 0 bridgehead atoms. The maximum atomic E-state index is 11.7. The summed E-state index contributed by atoms with van der Waals surface area (Å²) in [4.78, 5) is 14.0. The van der Waals surface area contributed by atoms with Crippen molar-refractivity contribution in [3.63, 3.8) is 0 Å². The summed E-state index contributed by atoms with van der Waals surface area (Å²) in [6.45, 7) is 4.02. The van der Waals surface area contributed by atoms with E-state index in [1.165, 1.54) is 26.4 Å². The summed E-state index contributed by atoms with van der Waals surface area (Å²) in [5.41, 5.74) is 8.93. The van der Waals surface area contributed by atoms with Crippen LogP contribution in [0.1, 0.15) is 35.2 Å². The Morgan fingerprint density at radius 2 is 1.94 bits per heavy atom. The molecule has 1 aromatic rings. The summed E-state index contributed by atoms with van der Waals surface area (Å²) in [6.07, 6.45) is 3.70. The zero-order chi connectivity index (χ0) is 13.1. The van der Waals surface area contributed by atoms with Crippen LogP contribution in [0.3, 0.4) is 0 Å². The van der Waals surface area contributed by atoms with E-state index in [0.29, 0.717) is 11.3 Å². The highest BCUT2D eigenvalue weighted by Crippen LogP contribution is 2.27. The third-order valence-electron chi connectivity index (χ3n) is 3.50. The Kier molecular flexibility index (Phi) is 3.75. The van der Waals surface area contributed by atoms with Crippen molar-refractivity contribution in [1.82, 2.24) is 0 Å². The summed E-state index contributed by atoms with van der Waals surface area (Å²) >= 11 is 0. The van der Waals surface area contributed by atoms with Crippen molar-refractivity contribution in [2.75, 3.05) is 30.8 Å². The van der Waals surface area contributed by atoms with Crippen molar-refractivity contribution in [3.8, 4) is 0 Å². The van der Waals surface area contributed by atoms with Gasteiger partial charge in [-0.15, -0.1) is 0 Å². The van der Waals surface area contributed by atoms with Crippen LogP contribution in [0.2, 0.25) is 0 Å². The molecule has 0 radical (unpaired) electrons. The van der Waals surface area contributed by atoms with Crippen molar-refractivity contribution in [2.24, 2.45) is 0 Å². The van der Waals surface area contributed by atoms with Crippen LogP contribution in [0.4, 0.5) is 11.4 Å². The molecule has 1 aromatic carbocycles. The van der Waals surface area contributed by atoms with Crippen LogP contribution in [-0.4, -0.2) is 26.2 Å². The van der Waals surface area contributed by atoms with Gasteiger partial charge in [-0.1, -0.05) is 0 Å². The van der Waals surface area contributed by atoms with Gasteiger partial charge in [-0.25, -0.2) is 4.79 Å². The lowest BCUT2D eigenvalue weighted by Crippen LogP contribution is -2.29. The molecule has 0 aliphatic carbocycles. The molecule has 1 fully saturated rings. The molecule has 0 atom stereocenters. The van der Waals surface area contributed by atoms with Crippen molar-refractivity contribution in [2.45, 2.75) is 26.2 Å². The highest BCUT2D eigenvalue weighted by Gasteiger charge is 2.17. The number of piperidine rings is 1. The van der Waals surface area contributed by atoms with Crippen molar-refractivity contribution in [1.29, 1.82) is 0 Å². The molecule has 0 saturated carbocycles. The van der Waals surface area contributed by atoms with Gasteiger partial charge >= 0.3 is 5.97 Å². The molecule has 1 saturated heterocycles. The number of nitrogen functional groups attached to an aromatic ring is 1. The van der Waals surface area contributed by atoms with Gasteiger partial charge in [-0.2, -0.15) is 0 Å². The zero-order valence-corrected chi connectivity index (χ0v) is 11.0. The van der Waals surface area contributed by atoms with Crippen LogP contribution in [0.15, 0.2) is 12.1 Å². The molecule has 0 spiro atoms. The number of aryl methyl sites for hydroxylation is 1. The standard InChI is InChI=1S/C14H20N2O2/c1-10-8-11(16-6-4-3-5-7-16)9-12(13(10)15)14(17)18-2/h8-9H,3-7,15H2,1-2H3. The second-order valence-electron chi connectivity index (χ2n) is 4.76. The Hall–Kier alpha value is -1.71. The van der Waals surface area contributed by atoms with Gasteiger partial charge in [-0.05, 0) is 43.9 Å². The number of nitrogens with two attached hydrogens (primary N) is 1. The highest BCUT2D eigenvalue weighted by atomic mass is 16.5. The first-order chi connectivity index (χ1) is 8.63. The van der Waals surface area contributed by atoms with E-state index in [2.05, 4.69) is 4.90 Å². The SMILES string of the molecule is COC(=O)c1cc(N2CCCCC2)cc(C)c1N. The number of anilines is 2. The van der Waals surface area contributed by atoms with Gasteiger partial charge in [0, 0.05) is 24.5 Å². The number of carbonyl (C=O) groups is 1. The number of esters is 1. The number of ether oxygens (including phenoxy) is 1. The van der Waals surface area contributed by atoms with Crippen LogP contribution >= 0.6 is 0 Å². The molecule has 98 valence electrons. The molecule has 2 rings (SSSR count). The molecule has 4 nitrogen and oxygen atoms in total. The van der Waals surface area contributed by atoms with E-state index >= 15 is 0 Å². The predicted octanol–water partition coefficient (Wildman–Crippen LogP) is 2.35. The summed E-state index contributed by atoms with van der Waals surface area (Å²) < 4.78 is 4.78. The van der Waals surface area contributed by atoms with E-state index in [4.69, 9.17) is 10.5 Å². The van der Waals surface area contributed by atoms with E-state index in [-0.39, 0.29) is 5.97 Å². The van der Waals surface area contributed by atoms with Gasteiger partial charge in [-0.3, -0.25) is 0 Å². The minimum atomic E-state index is -0.366. The van der Waals surface area contributed by atoms with Gasteiger partial charge in [0.15, 0.2) is 0 Å². The molecular weight excluding hydrogens is 228 g/mol. The fourth-order valence-corrected chi connectivity index (χ4v) is 2.39. The topological polar surface area (TPSA) is 55.6 Å².